The number of benzene rings is 1. The fourth-order valence-corrected chi connectivity index (χ4v) is 29.3. The van der Waals surface area contributed by atoms with Crippen LogP contribution >= 0.6 is 0 Å². The molecule has 2 unspecified atom stereocenters. The Morgan fingerprint density at radius 2 is 1.23 bits per heavy atom. The molecule has 1 aromatic carbocycles. The van der Waals surface area contributed by atoms with E-state index in [0.29, 0.717) is 0 Å². The zero-order valence-electron chi connectivity index (χ0n) is 28.7. The van der Waals surface area contributed by atoms with Crippen molar-refractivity contribution in [3.05, 3.63) is 29.8 Å². The molecule has 1 fully saturated rings. The zero-order chi connectivity index (χ0) is 32.8. The number of carbonyl (C=O) groups excluding carboxylic acids is 2. The SMILES string of the molecule is CCCCCC[C@@H]1[C@@H]([CH](C(C(=O)OCC)C(=O)OCC)[Sn]([CH2]CCC)([CH2]CCC)[CH2]CCC)N1S(=O)(=O)c1ccc(C)cc1. The molecule has 0 N–H and O–H groups in total. The fourth-order valence-electron chi connectivity index (χ4n) is 7.15. The van der Waals surface area contributed by atoms with Gasteiger partial charge in [0.25, 0.3) is 0 Å². The standard InChI is InChI=1S/C23H34NO6S.3C4H9.Sn/c1-5-8-9-10-11-20-21(16-19(22(25)29-6-2)23(26)30-7-3)24(20)31(27,28)18-14-12-17(4)13-15-18;3*1-3-4-2;/h12-16,19-21H,5-11H2,1-4H3;3*1,3-4H2,2H3;/t20-,21-,24?;;;;/m1..../s1. The van der Waals surface area contributed by atoms with Crippen LogP contribution in [0.2, 0.25) is 17.2 Å². The minimum atomic E-state index is -3.84. The van der Waals surface area contributed by atoms with Crippen molar-refractivity contribution >= 4 is 40.3 Å². The number of rotatable bonds is 23. The maximum atomic E-state index is 14.4. The number of esters is 2. The predicted molar refractivity (Wildman–Crippen MR) is 182 cm³/mol. The van der Waals surface area contributed by atoms with Crippen molar-refractivity contribution in [1.29, 1.82) is 0 Å². The first-order chi connectivity index (χ1) is 21.1. The van der Waals surface area contributed by atoms with Gasteiger partial charge in [0.05, 0.1) is 0 Å². The van der Waals surface area contributed by atoms with Crippen molar-refractivity contribution in [1.82, 2.24) is 4.31 Å². The molecular formula is C35H61NO6SSn. The molecule has 1 aliphatic rings. The molecule has 0 radical (unpaired) electrons. The van der Waals surface area contributed by atoms with Crippen LogP contribution in [0, 0.1) is 12.8 Å². The quantitative estimate of drug-likeness (QED) is 0.0367. The number of hydrogen-bond acceptors (Lipinski definition) is 6. The molecule has 9 heteroatoms. The average molecular weight is 743 g/mol. The van der Waals surface area contributed by atoms with Crippen LogP contribution < -0.4 is 0 Å². The summed E-state index contributed by atoms with van der Waals surface area (Å²) in [6.45, 7) is 14.6. The first-order valence-corrected chi connectivity index (χ1v) is 26.7. The summed E-state index contributed by atoms with van der Waals surface area (Å²) >= 11 is -3.53. The second-order valence-corrected chi connectivity index (χ2v) is 28.5. The third kappa shape index (κ3) is 10.2. The molecule has 1 heterocycles. The molecule has 2 rings (SSSR count). The Hall–Kier alpha value is -1.13. The summed E-state index contributed by atoms with van der Waals surface area (Å²) in [5.74, 6) is -2.16. The zero-order valence-corrected chi connectivity index (χ0v) is 32.4. The van der Waals surface area contributed by atoms with E-state index in [1.807, 2.05) is 19.1 Å². The van der Waals surface area contributed by atoms with Crippen LogP contribution in [0.1, 0.15) is 118 Å². The van der Waals surface area contributed by atoms with Crippen molar-refractivity contribution in [3.8, 4) is 0 Å². The number of unbranched alkanes of at least 4 members (excludes halogenated alkanes) is 6. The van der Waals surface area contributed by atoms with E-state index in [9.17, 15) is 18.0 Å². The molecule has 0 aliphatic carbocycles. The van der Waals surface area contributed by atoms with Gasteiger partial charge in [-0.15, -0.1) is 0 Å². The van der Waals surface area contributed by atoms with Crippen LogP contribution in [0.5, 0.6) is 0 Å². The molecule has 0 amide bonds. The molecule has 4 atom stereocenters. The Labute approximate surface area is 273 Å². The van der Waals surface area contributed by atoms with E-state index in [2.05, 4.69) is 27.7 Å². The molecule has 1 aromatic rings. The first-order valence-electron chi connectivity index (χ1n) is 17.5. The number of nitrogens with zero attached hydrogens (tertiary/aromatic N) is 1. The van der Waals surface area contributed by atoms with Gasteiger partial charge in [0.2, 0.25) is 0 Å². The van der Waals surface area contributed by atoms with Crippen LogP contribution in [0.3, 0.4) is 0 Å². The third-order valence-electron chi connectivity index (χ3n) is 9.47. The van der Waals surface area contributed by atoms with Gasteiger partial charge in [-0.05, 0) is 0 Å². The van der Waals surface area contributed by atoms with E-state index in [0.717, 1.165) is 89.5 Å². The van der Waals surface area contributed by atoms with Gasteiger partial charge in [0.15, 0.2) is 0 Å². The van der Waals surface area contributed by atoms with Crippen LogP contribution in [0.4, 0.5) is 0 Å². The summed E-state index contributed by atoms with van der Waals surface area (Å²) in [4.78, 5) is 28.1. The maximum absolute atomic E-state index is 14.4. The summed E-state index contributed by atoms with van der Waals surface area (Å²) in [5.41, 5.74) is 0.999. The van der Waals surface area contributed by atoms with E-state index < -0.39 is 46.3 Å². The Bertz CT molecular complexity index is 1070. The molecule has 0 saturated carbocycles. The van der Waals surface area contributed by atoms with Crippen LogP contribution in [-0.4, -0.2) is 68.3 Å². The molecular weight excluding hydrogens is 681 g/mol. The van der Waals surface area contributed by atoms with Gasteiger partial charge in [-0.3, -0.25) is 0 Å². The molecule has 0 spiro atoms. The van der Waals surface area contributed by atoms with Gasteiger partial charge in [0, 0.05) is 0 Å². The second kappa shape index (κ2) is 19.5. The predicted octanol–water partition coefficient (Wildman–Crippen LogP) is 8.67. The van der Waals surface area contributed by atoms with Gasteiger partial charge in [-0.2, -0.15) is 0 Å². The number of ether oxygens (including phenoxy) is 2. The minimum absolute atomic E-state index is 0.166. The Kier molecular flexibility index (Phi) is 17.3. The topological polar surface area (TPSA) is 89.8 Å². The Morgan fingerprint density at radius 1 is 0.750 bits per heavy atom. The van der Waals surface area contributed by atoms with Crippen LogP contribution in [0.25, 0.3) is 0 Å². The van der Waals surface area contributed by atoms with E-state index >= 15 is 0 Å². The normalized spacial score (nSPS) is 19.1. The molecule has 44 heavy (non-hydrogen) atoms. The fraction of sp³-hybridized carbons (Fsp3) is 0.771. The van der Waals surface area contributed by atoms with Gasteiger partial charge in [-0.25, -0.2) is 0 Å². The van der Waals surface area contributed by atoms with Crippen molar-refractivity contribution in [2.24, 2.45) is 5.92 Å². The molecule has 1 saturated heterocycles. The van der Waals surface area contributed by atoms with Crippen molar-refractivity contribution in [2.75, 3.05) is 13.2 Å². The second-order valence-electron chi connectivity index (χ2n) is 12.7. The Morgan fingerprint density at radius 3 is 1.66 bits per heavy atom. The van der Waals surface area contributed by atoms with Crippen molar-refractivity contribution in [3.63, 3.8) is 0 Å². The first kappa shape index (κ1) is 39.0. The molecule has 0 bridgehead atoms. The van der Waals surface area contributed by atoms with E-state index in [1.54, 1.807) is 30.3 Å². The number of hydrogen-bond donors (Lipinski definition) is 0. The average Bonchev–Trinajstić information content (AvgIpc) is 3.72. The Balaban J connectivity index is 2.84. The number of aryl methyl sites for hydroxylation is 1. The molecule has 7 nitrogen and oxygen atoms in total. The number of sulfonamides is 1. The van der Waals surface area contributed by atoms with Crippen molar-refractivity contribution < 1.29 is 27.5 Å². The summed E-state index contributed by atoms with van der Waals surface area (Å²) in [6.07, 6.45) is 11.1. The molecule has 252 valence electrons. The van der Waals surface area contributed by atoms with Crippen LogP contribution in [-0.2, 0) is 29.1 Å². The van der Waals surface area contributed by atoms with E-state index in [1.165, 1.54) is 0 Å². The summed E-state index contributed by atoms with van der Waals surface area (Å²) < 4.78 is 44.6. The third-order valence-corrected chi connectivity index (χ3v) is 28.9. The van der Waals surface area contributed by atoms with Gasteiger partial charge >= 0.3 is 274 Å². The number of carbonyl (C=O) groups is 2. The summed E-state index contributed by atoms with van der Waals surface area (Å²) in [7, 11) is -3.84. The summed E-state index contributed by atoms with van der Waals surface area (Å²) in [5, 5.41) is 0. The van der Waals surface area contributed by atoms with E-state index in [4.69, 9.17) is 9.47 Å². The molecule has 0 aromatic heterocycles. The van der Waals surface area contributed by atoms with Gasteiger partial charge < -0.3 is 0 Å². The van der Waals surface area contributed by atoms with Gasteiger partial charge in [-0.1, -0.05) is 0 Å². The monoisotopic (exact) mass is 743 g/mol. The van der Waals surface area contributed by atoms with Gasteiger partial charge in [0.1, 0.15) is 0 Å². The van der Waals surface area contributed by atoms with Crippen molar-refractivity contribution in [2.45, 2.75) is 153 Å². The van der Waals surface area contributed by atoms with E-state index in [-0.39, 0.29) is 34.1 Å². The molecule has 1 aliphatic heterocycles. The summed E-state index contributed by atoms with van der Waals surface area (Å²) in [6, 6.07) is 6.45. The van der Waals surface area contributed by atoms with Crippen LogP contribution in [0.15, 0.2) is 29.2 Å².